The Morgan fingerprint density at radius 1 is 0.875 bits per heavy atom. The smallest absolute Gasteiger partial charge is 0.119 e. The molecule has 1 heteroatoms. The van der Waals surface area contributed by atoms with Crippen molar-refractivity contribution in [2.75, 3.05) is 6.61 Å². The molecule has 1 nitrogen and oxygen atoms in total. The highest BCUT2D eigenvalue weighted by Gasteiger charge is 1.95. The Balaban J connectivity index is 1.90. The first kappa shape index (κ1) is 17.7. The fourth-order valence-electron chi connectivity index (χ4n) is 2.34. The van der Waals surface area contributed by atoms with Gasteiger partial charge >= 0.3 is 0 Å². The number of terminal acetylenes is 1. The standard InChI is InChI=1S/C23H24O/c1-3-5-7-8-20-9-11-21(12-10-20)13-14-22-15-17-23(18-16-22)24-19-6-4-2/h2,9-12,15-18H,3,5-8,19H2,1H3. The molecule has 2 aromatic carbocycles. The van der Waals surface area contributed by atoms with Crippen LogP contribution in [0.4, 0.5) is 0 Å². The third kappa shape index (κ3) is 6.23. The maximum absolute atomic E-state index is 5.53. The molecule has 0 unspecified atom stereocenters. The van der Waals surface area contributed by atoms with Crippen molar-refractivity contribution >= 4 is 0 Å². The highest BCUT2D eigenvalue weighted by atomic mass is 16.5. The predicted molar refractivity (Wildman–Crippen MR) is 101 cm³/mol. The number of rotatable bonds is 7. The van der Waals surface area contributed by atoms with E-state index in [2.05, 4.69) is 49.0 Å². The molecule has 122 valence electrons. The normalized spacial score (nSPS) is 9.67. The predicted octanol–water partition coefficient (Wildman–Crippen LogP) is 5.22. The van der Waals surface area contributed by atoms with E-state index < -0.39 is 0 Å². The molecule has 0 atom stereocenters. The minimum atomic E-state index is 0.548. The van der Waals surface area contributed by atoms with E-state index in [0.717, 1.165) is 23.3 Å². The van der Waals surface area contributed by atoms with Crippen molar-refractivity contribution in [3.63, 3.8) is 0 Å². The summed E-state index contributed by atoms with van der Waals surface area (Å²) in [6.07, 6.45) is 10.8. The summed E-state index contributed by atoms with van der Waals surface area (Å²) in [6, 6.07) is 16.4. The molecule has 0 radical (unpaired) electrons. The Bertz CT molecular complexity index is 706. The van der Waals surface area contributed by atoms with Crippen molar-refractivity contribution < 1.29 is 4.74 Å². The zero-order valence-electron chi connectivity index (χ0n) is 14.3. The van der Waals surface area contributed by atoms with Crippen LogP contribution in [0, 0.1) is 24.2 Å². The van der Waals surface area contributed by atoms with E-state index in [1.54, 1.807) is 0 Å². The molecule has 0 heterocycles. The zero-order valence-corrected chi connectivity index (χ0v) is 14.3. The minimum Gasteiger partial charge on any atom is -0.493 e. The average Bonchev–Trinajstić information content (AvgIpc) is 2.63. The van der Waals surface area contributed by atoms with Gasteiger partial charge in [0.05, 0.1) is 6.61 Å². The van der Waals surface area contributed by atoms with E-state index in [0.29, 0.717) is 13.0 Å². The molecule has 0 saturated heterocycles. The van der Waals surface area contributed by atoms with Gasteiger partial charge in [-0.1, -0.05) is 43.7 Å². The second kappa shape index (κ2) is 10.2. The number of unbranched alkanes of at least 4 members (excludes halogenated alkanes) is 2. The lowest BCUT2D eigenvalue weighted by Gasteiger charge is -2.03. The van der Waals surface area contributed by atoms with E-state index in [1.165, 1.54) is 24.8 Å². The molecule has 24 heavy (non-hydrogen) atoms. The molecular formula is C23H24O. The van der Waals surface area contributed by atoms with Crippen LogP contribution in [0.25, 0.3) is 0 Å². The number of aryl methyl sites for hydroxylation is 1. The third-order valence-corrected chi connectivity index (χ3v) is 3.74. The van der Waals surface area contributed by atoms with Crippen molar-refractivity contribution in [1.82, 2.24) is 0 Å². The number of hydrogen-bond donors (Lipinski definition) is 0. The first-order chi connectivity index (χ1) is 11.8. The summed E-state index contributed by atoms with van der Waals surface area (Å²) in [5.41, 5.74) is 3.41. The Morgan fingerprint density at radius 2 is 1.50 bits per heavy atom. The van der Waals surface area contributed by atoms with Gasteiger partial charge in [-0.25, -0.2) is 0 Å². The van der Waals surface area contributed by atoms with Gasteiger partial charge in [0.25, 0.3) is 0 Å². The van der Waals surface area contributed by atoms with Gasteiger partial charge in [-0.05, 0) is 54.8 Å². The van der Waals surface area contributed by atoms with E-state index >= 15 is 0 Å². The fraction of sp³-hybridized carbons (Fsp3) is 0.304. The molecular weight excluding hydrogens is 292 g/mol. The molecule has 0 N–H and O–H groups in total. The van der Waals surface area contributed by atoms with Crippen molar-refractivity contribution in [3.8, 4) is 29.9 Å². The summed E-state index contributed by atoms with van der Waals surface area (Å²) < 4.78 is 5.53. The van der Waals surface area contributed by atoms with Gasteiger partial charge in [-0.2, -0.15) is 0 Å². The van der Waals surface area contributed by atoms with Crippen LogP contribution in [-0.4, -0.2) is 6.61 Å². The quantitative estimate of drug-likeness (QED) is 0.502. The lowest BCUT2D eigenvalue weighted by molar-refractivity contribution is 0.327. The Morgan fingerprint density at radius 3 is 2.08 bits per heavy atom. The van der Waals surface area contributed by atoms with Gasteiger partial charge in [-0.15, -0.1) is 12.3 Å². The van der Waals surface area contributed by atoms with Crippen LogP contribution in [0.1, 0.15) is 49.3 Å². The van der Waals surface area contributed by atoms with Crippen LogP contribution in [0.15, 0.2) is 48.5 Å². The van der Waals surface area contributed by atoms with Crippen LogP contribution in [0.2, 0.25) is 0 Å². The maximum Gasteiger partial charge on any atom is 0.119 e. The van der Waals surface area contributed by atoms with Crippen LogP contribution >= 0.6 is 0 Å². The lowest BCUT2D eigenvalue weighted by Crippen LogP contribution is -1.95. The second-order valence-electron chi connectivity index (χ2n) is 5.73. The fourth-order valence-corrected chi connectivity index (χ4v) is 2.34. The van der Waals surface area contributed by atoms with Gasteiger partial charge < -0.3 is 4.74 Å². The summed E-state index contributed by atoms with van der Waals surface area (Å²) in [5, 5.41) is 0. The summed E-state index contributed by atoms with van der Waals surface area (Å²) in [4.78, 5) is 0. The maximum atomic E-state index is 5.53. The Labute approximate surface area is 146 Å². The molecule has 0 fully saturated rings. The van der Waals surface area contributed by atoms with Crippen LogP contribution < -0.4 is 4.74 Å². The average molecular weight is 316 g/mol. The minimum absolute atomic E-state index is 0.548. The SMILES string of the molecule is C#CCCOc1ccc(C#Cc2ccc(CCCCC)cc2)cc1. The van der Waals surface area contributed by atoms with Crippen molar-refractivity contribution in [2.24, 2.45) is 0 Å². The molecule has 0 saturated carbocycles. The van der Waals surface area contributed by atoms with E-state index in [4.69, 9.17) is 11.2 Å². The molecule has 0 bridgehead atoms. The molecule has 2 aromatic rings. The lowest BCUT2D eigenvalue weighted by atomic mass is 10.1. The summed E-state index contributed by atoms with van der Waals surface area (Å²) in [6.45, 7) is 2.78. The van der Waals surface area contributed by atoms with Crippen LogP contribution in [0.3, 0.4) is 0 Å². The number of benzene rings is 2. The monoisotopic (exact) mass is 316 g/mol. The molecule has 2 rings (SSSR count). The van der Waals surface area contributed by atoms with Crippen LogP contribution in [0.5, 0.6) is 5.75 Å². The first-order valence-electron chi connectivity index (χ1n) is 8.59. The van der Waals surface area contributed by atoms with Gasteiger partial charge in [0, 0.05) is 17.5 Å². The Kier molecular flexibility index (Phi) is 7.52. The van der Waals surface area contributed by atoms with E-state index in [-0.39, 0.29) is 0 Å². The molecule has 0 aliphatic heterocycles. The van der Waals surface area contributed by atoms with Crippen molar-refractivity contribution in [1.29, 1.82) is 0 Å². The van der Waals surface area contributed by atoms with Gasteiger partial charge in [-0.3, -0.25) is 0 Å². The topological polar surface area (TPSA) is 9.23 Å². The van der Waals surface area contributed by atoms with Gasteiger partial charge in [0.1, 0.15) is 5.75 Å². The second-order valence-corrected chi connectivity index (χ2v) is 5.73. The molecule has 0 aromatic heterocycles. The first-order valence-corrected chi connectivity index (χ1v) is 8.59. The highest BCUT2D eigenvalue weighted by molar-refractivity contribution is 5.44. The molecule has 0 amide bonds. The number of hydrogen-bond acceptors (Lipinski definition) is 1. The summed E-state index contributed by atoms with van der Waals surface area (Å²) in [5.74, 6) is 9.78. The van der Waals surface area contributed by atoms with E-state index in [9.17, 15) is 0 Å². The molecule has 0 aliphatic rings. The van der Waals surface area contributed by atoms with Gasteiger partial charge in [0.15, 0.2) is 0 Å². The Hall–Kier alpha value is -2.64. The van der Waals surface area contributed by atoms with Crippen molar-refractivity contribution in [2.45, 2.75) is 39.0 Å². The highest BCUT2D eigenvalue weighted by Crippen LogP contribution is 2.12. The van der Waals surface area contributed by atoms with E-state index in [1.807, 2.05) is 24.3 Å². The zero-order chi connectivity index (χ0) is 17.0. The summed E-state index contributed by atoms with van der Waals surface area (Å²) in [7, 11) is 0. The summed E-state index contributed by atoms with van der Waals surface area (Å²) >= 11 is 0. The van der Waals surface area contributed by atoms with Gasteiger partial charge in [0.2, 0.25) is 0 Å². The molecule has 0 aliphatic carbocycles. The largest absolute Gasteiger partial charge is 0.493 e. The third-order valence-electron chi connectivity index (χ3n) is 3.74. The number of ether oxygens (including phenoxy) is 1. The molecule has 0 spiro atoms. The van der Waals surface area contributed by atoms with Crippen LogP contribution in [-0.2, 0) is 6.42 Å². The van der Waals surface area contributed by atoms with Crippen molar-refractivity contribution in [3.05, 3.63) is 65.2 Å².